The van der Waals surface area contributed by atoms with Gasteiger partial charge in [-0.1, -0.05) is 6.92 Å². The average Bonchev–Trinajstić information content (AvgIpc) is 2.48. The van der Waals surface area contributed by atoms with Gasteiger partial charge in [-0.25, -0.2) is 4.79 Å². The Morgan fingerprint density at radius 1 is 1.19 bits per heavy atom. The van der Waals surface area contributed by atoms with Crippen molar-refractivity contribution in [1.29, 1.82) is 0 Å². The SMILES string of the molecule is CCCn1ccn(CCCC(F)(F)F)c1=O. The Morgan fingerprint density at radius 3 is 2.25 bits per heavy atom. The Balaban J connectivity index is 2.52. The maximum Gasteiger partial charge on any atom is 0.389 e. The zero-order valence-electron chi connectivity index (χ0n) is 9.13. The smallest absolute Gasteiger partial charge is 0.299 e. The number of aromatic nitrogens is 2. The summed E-state index contributed by atoms with van der Waals surface area (Å²) in [6.07, 6.45) is -1.08. The summed E-state index contributed by atoms with van der Waals surface area (Å²) in [5.41, 5.74) is -0.232. The predicted octanol–water partition coefficient (Wildman–Crippen LogP) is 2.40. The first-order valence-corrected chi connectivity index (χ1v) is 5.26. The number of hydrogen-bond donors (Lipinski definition) is 0. The van der Waals surface area contributed by atoms with Crippen molar-refractivity contribution < 1.29 is 13.2 Å². The van der Waals surface area contributed by atoms with Crippen molar-refractivity contribution in [2.75, 3.05) is 0 Å². The van der Waals surface area contributed by atoms with Crippen LogP contribution in [0.25, 0.3) is 0 Å². The number of rotatable bonds is 5. The summed E-state index contributed by atoms with van der Waals surface area (Å²) >= 11 is 0. The molecule has 92 valence electrons. The Kier molecular flexibility index (Phi) is 4.20. The van der Waals surface area contributed by atoms with Gasteiger partial charge in [0.05, 0.1) is 0 Å². The summed E-state index contributed by atoms with van der Waals surface area (Å²) in [5, 5.41) is 0. The molecule has 3 nitrogen and oxygen atoms in total. The standard InChI is InChI=1S/C10H15F3N2O/c1-2-5-14-7-8-15(9(14)16)6-3-4-10(11,12)13/h7-8H,2-6H2,1H3. The molecule has 0 N–H and O–H groups in total. The van der Waals surface area contributed by atoms with E-state index in [2.05, 4.69) is 0 Å². The van der Waals surface area contributed by atoms with E-state index in [4.69, 9.17) is 0 Å². The van der Waals surface area contributed by atoms with E-state index in [9.17, 15) is 18.0 Å². The highest BCUT2D eigenvalue weighted by Crippen LogP contribution is 2.21. The van der Waals surface area contributed by atoms with Crippen LogP contribution in [-0.4, -0.2) is 15.3 Å². The molecule has 0 saturated heterocycles. The van der Waals surface area contributed by atoms with Gasteiger partial charge >= 0.3 is 11.9 Å². The normalized spacial score (nSPS) is 12.0. The molecule has 0 spiro atoms. The molecule has 16 heavy (non-hydrogen) atoms. The lowest BCUT2D eigenvalue weighted by Gasteiger charge is -2.05. The van der Waals surface area contributed by atoms with E-state index in [1.807, 2.05) is 6.92 Å². The molecule has 0 aliphatic carbocycles. The summed E-state index contributed by atoms with van der Waals surface area (Å²) < 4.78 is 38.5. The first-order valence-electron chi connectivity index (χ1n) is 5.26. The molecule has 0 radical (unpaired) electrons. The van der Waals surface area contributed by atoms with Crippen LogP contribution in [0.2, 0.25) is 0 Å². The quantitative estimate of drug-likeness (QED) is 0.771. The molecule has 1 aromatic rings. The Hall–Kier alpha value is -1.20. The molecule has 0 unspecified atom stereocenters. The van der Waals surface area contributed by atoms with E-state index < -0.39 is 12.6 Å². The molecule has 0 atom stereocenters. The molecule has 0 amide bonds. The minimum atomic E-state index is -4.14. The van der Waals surface area contributed by atoms with Gasteiger partial charge in [-0.2, -0.15) is 13.2 Å². The Morgan fingerprint density at radius 2 is 1.75 bits per heavy atom. The van der Waals surface area contributed by atoms with Crippen molar-refractivity contribution >= 4 is 0 Å². The molecule has 1 heterocycles. The van der Waals surface area contributed by atoms with Gasteiger partial charge in [-0.05, 0) is 12.8 Å². The van der Waals surface area contributed by atoms with Crippen molar-refractivity contribution in [3.05, 3.63) is 22.9 Å². The van der Waals surface area contributed by atoms with Crippen molar-refractivity contribution in [1.82, 2.24) is 9.13 Å². The fraction of sp³-hybridized carbons (Fsp3) is 0.700. The fourth-order valence-corrected chi connectivity index (χ4v) is 1.48. The predicted molar refractivity (Wildman–Crippen MR) is 54.3 cm³/mol. The van der Waals surface area contributed by atoms with E-state index >= 15 is 0 Å². The number of alkyl halides is 3. The third kappa shape index (κ3) is 3.75. The van der Waals surface area contributed by atoms with Crippen molar-refractivity contribution in [3.63, 3.8) is 0 Å². The number of aryl methyl sites for hydroxylation is 2. The van der Waals surface area contributed by atoms with E-state index in [0.717, 1.165) is 6.42 Å². The highest BCUT2D eigenvalue weighted by molar-refractivity contribution is 4.81. The Bertz CT molecular complexity index is 378. The van der Waals surface area contributed by atoms with Gasteiger partial charge < -0.3 is 0 Å². The molecule has 0 aromatic carbocycles. The summed E-state index contributed by atoms with van der Waals surface area (Å²) in [4.78, 5) is 11.6. The number of halogens is 3. The maximum atomic E-state index is 11.9. The van der Waals surface area contributed by atoms with Gasteiger partial charge in [0.1, 0.15) is 0 Å². The van der Waals surface area contributed by atoms with Crippen molar-refractivity contribution in [2.45, 2.75) is 45.5 Å². The van der Waals surface area contributed by atoms with E-state index in [1.54, 1.807) is 6.20 Å². The summed E-state index contributed by atoms with van der Waals surface area (Å²) in [5.74, 6) is 0. The molecule has 0 fully saturated rings. The van der Waals surface area contributed by atoms with E-state index in [0.29, 0.717) is 6.54 Å². The molecular formula is C10H15F3N2O. The molecule has 0 aliphatic rings. The summed E-state index contributed by atoms with van der Waals surface area (Å²) in [7, 11) is 0. The minimum Gasteiger partial charge on any atom is -0.299 e. The Labute approximate surface area is 91.5 Å². The van der Waals surface area contributed by atoms with Crippen LogP contribution in [0.5, 0.6) is 0 Å². The molecule has 0 bridgehead atoms. The second kappa shape index (κ2) is 5.23. The van der Waals surface area contributed by atoms with Gasteiger partial charge in [0.25, 0.3) is 0 Å². The summed E-state index contributed by atoms with van der Waals surface area (Å²) in [6.45, 7) is 2.66. The van der Waals surface area contributed by atoms with E-state index in [1.165, 1.54) is 15.3 Å². The van der Waals surface area contributed by atoms with Gasteiger partial charge in [0, 0.05) is 31.9 Å². The van der Waals surface area contributed by atoms with Crippen LogP contribution < -0.4 is 5.69 Å². The highest BCUT2D eigenvalue weighted by Gasteiger charge is 2.26. The fourth-order valence-electron chi connectivity index (χ4n) is 1.48. The second-order valence-electron chi connectivity index (χ2n) is 3.69. The van der Waals surface area contributed by atoms with Crippen molar-refractivity contribution in [3.8, 4) is 0 Å². The zero-order chi connectivity index (χ0) is 12.2. The molecule has 0 aliphatic heterocycles. The maximum absolute atomic E-state index is 11.9. The topological polar surface area (TPSA) is 26.9 Å². The van der Waals surface area contributed by atoms with Crippen LogP contribution in [0, 0.1) is 0 Å². The number of imidazole rings is 1. The molecule has 0 saturated carbocycles. The lowest BCUT2D eigenvalue weighted by molar-refractivity contribution is -0.135. The van der Waals surface area contributed by atoms with Gasteiger partial charge in [0.2, 0.25) is 0 Å². The van der Waals surface area contributed by atoms with Crippen molar-refractivity contribution in [2.24, 2.45) is 0 Å². The van der Waals surface area contributed by atoms with Crippen LogP contribution in [0.15, 0.2) is 17.2 Å². The van der Waals surface area contributed by atoms with Gasteiger partial charge in [-0.3, -0.25) is 9.13 Å². The number of hydrogen-bond acceptors (Lipinski definition) is 1. The molecule has 6 heteroatoms. The van der Waals surface area contributed by atoms with Gasteiger partial charge in [-0.15, -0.1) is 0 Å². The largest absolute Gasteiger partial charge is 0.389 e. The van der Waals surface area contributed by atoms with Crippen LogP contribution in [0.1, 0.15) is 26.2 Å². The monoisotopic (exact) mass is 236 g/mol. The van der Waals surface area contributed by atoms with E-state index in [-0.39, 0.29) is 18.7 Å². The third-order valence-electron chi connectivity index (χ3n) is 2.24. The van der Waals surface area contributed by atoms with Crippen LogP contribution in [0.3, 0.4) is 0 Å². The zero-order valence-corrected chi connectivity index (χ0v) is 9.13. The molecular weight excluding hydrogens is 221 g/mol. The first-order chi connectivity index (χ1) is 7.44. The van der Waals surface area contributed by atoms with Crippen LogP contribution in [0.4, 0.5) is 13.2 Å². The van der Waals surface area contributed by atoms with Crippen LogP contribution in [-0.2, 0) is 13.1 Å². The molecule has 1 aromatic heterocycles. The lowest BCUT2D eigenvalue weighted by Crippen LogP contribution is -2.24. The second-order valence-corrected chi connectivity index (χ2v) is 3.69. The molecule has 1 rings (SSSR count). The highest BCUT2D eigenvalue weighted by atomic mass is 19.4. The third-order valence-corrected chi connectivity index (χ3v) is 2.24. The van der Waals surface area contributed by atoms with Crippen LogP contribution >= 0.6 is 0 Å². The van der Waals surface area contributed by atoms with Gasteiger partial charge in [0.15, 0.2) is 0 Å². The summed E-state index contributed by atoms with van der Waals surface area (Å²) in [6, 6.07) is 0. The lowest BCUT2D eigenvalue weighted by atomic mass is 10.3. The average molecular weight is 236 g/mol. The minimum absolute atomic E-state index is 0.0560. The first kappa shape index (κ1) is 12.9. The number of nitrogens with zero attached hydrogens (tertiary/aromatic N) is 2.